The fraction of sp³-hybridized carbons (Fsp3) is 0.188. The molecular weight excluding hydrogens is 340 g/mol. The molecule has 0 aliphatic carbocycles. The first kappa shape index (κ1) is 17.9. The Morgan fingerprint density at radius 2 is 1.75 bits per heavy atom. The van der Waals surface area contributed by atoms with Gasteiger partial charge >= 0.3 is 0 Å². The molecule has 0 heterocycles. The first-order chi connectivity index (χ1) is 11.3. The van der Waals surface area contributed by atoms with Crippen LogP contribution >= 0.6 is 0 Å². The number of rotatable bonds is 6. The number of anilines is 1. The number of benzene rings is 2. The third kappa shape index (κ3) is 4.51. The van der Waals surface area contributed by atoms with Crippen molar-refractivity contribution in [1.82, 2.24) is 0 Å². The molecule has 0 saturated heterocycles. The lowest BCUT2D eigenvalue weighted by Gasteiger charge is -2.07. The highest BCUT2D eigenvalue weighted by Crippen LogP contribution is 2.18. The molecule has 2 rings (SSSR count). The molecule has 1 N–H and O–H groups in total. The van der Waals surface area contributed by atoms with Gasteiger partial charge in [-0.2, -0.15) is 0 Å². The third-order valence-electron chi connectivity index (χ3n) is 3.22. The van der Waals surface area contributed by atoms with Crippen LogP contribution < -0.4 is 10.1 Å². The molecule has 0 saturated carbocycles. The van der Waals surface area contributed by atoms with Gasteiger partial charge in [-0.25, -0.2) is 17.2 Å². The Bertz CT molecular complexity index is 836. The molecule has 0 fully saturated rings. The maximum atomic E-state index is 13.1. The number of halogens is 2. The van der Waals surface area contributed by atoms with Crippen molar-refractivity contribution in [3.05, 3.63) is 54.1 Å². The third-order valence-corrected chi connectivity index (χ3v) is 4.95. The van der Waals surface area contributed by atoms with Crippen LogP contribution in [0, 0.1) is 11.6 Å². The second-order valence-electron chi connectivity index (χ2n) is 4.92. The van der Waals surface area contributed by atoms with Crippen LogP contribution in [0.1, 0.15) is 6.42 Å². The van der Waals surface area contributed by atoms with E-state index < -0.39 is 33.1 Å². The van der Waals surface area contributed by atoms with E-state index in [4.69, 9.17) is 4.74 Å². The molecule has 2 aromatic carbocycles. The van der Waals surface area contributed by atoms with Crippen LogP contribution in [0.15, 0.2) is 47.4 Å². The maximum Gasteiger partial charge on any atom is 0.225 e. The van der Waals surface area contributed by atoms with Gasteiger partial charge in [0.05, 0.1) is 17.8 Å². The summed E-state index contributed by atoms with van der Waals surface area (Å²) >= 11 is 0. The number of hydrogen-bond donors (Lipinski definition) is 1. The van der Waals surface area contributed by atoms with Gasteiger partial charge in [-0.1, -0.05) is 0 Å². The quantitative estimate of drug-likeness (QED) is 0.865. The molecule has 2 aromatic rings. The van der Waals surface area contributed by atoms with Crippen LogP contribution in [0.5, 0.6) is 5.75 Å². The van der Waals surface area contributed by atoms with Crippen molar-refractivity contribution < 1.29 is 26.7 Å². The highest BCUT2D eigenvalue weighted by Gasteiger charge is 2.17. The highest BCUT2D eigenvalue weighted by molar-refractivity contribution is 7.91. The average Bonchev–Trinajstić information content (AvgIpc) is 2.56. The second kappa shape index (κ2) is 7.39. The predicted octanol–water partition coefficient (Wildman–Crippen LogP) is 2.78. The molecule has 0 radical (unpaired) electrons. The van der Waals surface area contributed by atoms with E-state index in [-0.39, 0.29) is 17.0 Å². The SMILES string of the molecule is COc1ccc(S(=O)(=O)CCC(=O)Nc2ccc(F)c(F)c2)cc1. The monoisotopic (exact) mass is 355 g/mol. The minimum atomic E-state index is -3.64. The normalized spacial score (nSPS) is 11.1. The van der Waals surface area contributed by atoms with Crippen molar-refractivity contribution in [3.63, 3.8) is 0 Å². The van der Waals surface area contributed by atoms with Crippen LogP contribution in [0.4, 0.5) is 14.5 Å². The molecule has 0 atom stereocenters. The van der Waals surface area contributed by atoms with Crippen molar-refractivity contribution in [3.8, 4) is 5.75 Å². The number of sulfone groups is 1. The molecule has 24 heavy (non-hydrogen) atoms. The summed E-state index contributed by atoms with van der Waals surface area (Å²) in [7, 11) is -2.17. The van der Waals surface area contributed by atoms with Crippen molar-refractivity contribution in [2.75, 3.05) is 18.2 Å². The van der Waals surface area contributed by atoms with Gasteiger partial charge < -0.3 is 10.1 Å². The molecule has 1 amide bonds. The molecule has 0 aliphatic heterocycles. The zero-order valence-electron chi connectivity index (χ0n) is 12.8. The molecule has 5 nitrogen and oxygen atoms in total. The molecule has 128 valence electrons. The Labute approximate surface area is 138 Å². The van der Waals surface area contributed by atoms with Crippen LogP contribution in [-0.2, 0) is 14.6 Å². The van der Waals surface area contributed by atoms with Gasteiger partial charge in [0.1, 0.15) is 5.75 Å². The van der Waals surface area contributed by atoms with E-state index in [0.717, 1.165) is 12.1 Å². The molecule has 0 aliphatic rings. The molecule has 0 unspecified atom stereocenters. The summed E-state index contributed by atoms with van der Waals surface area (Å²) in [4.78, 5) is 11.8. The van der Waals surface area contributed by atoms with Crippen molar-refractivity contribution in [1.29, 1.82) is 0 Å². The van der Waals surface area contributed by atoms with Crippen LogP contribution in [-0.4, -0.2) is 27.2 Å². The zero-order valence-corrected chi connectivity index (χ0v) is 13.6. The van der Waals surface area contributed by atoms with Crippen molar-refractivity contribution in [2.24, 2.45) is 0 Å². The van der Waals surface area contributed by atoms with Gasteiger partial charge in [-0.3, -0.25) is 4.79 Å². The van der Waals surface area contributed by atoms with Gasteiger partial charge in [0, 0.05) is 18.2 Å². The Morgan fingerprint density at radius 1 is 1.08 bits per heavy atom. The number of hydrogen-bond acceptors (Lipinski definition) is 4. The molecule has 0 spiro atoms. The largest absolute Gasteiger partial charge is 0.497 e. The number of ether oxygens (including phenoxy) is 1. The number of carbonyl (C=O) groups is 1. The Hall–Kier alpha value is -2.48. The van der Waals surface area contributed by atoms with Gasteiger partial charge in [0.25, 0.3) is 0 Å². The summed E-state index contributed by atoms with van der Waals surface area (Å²) in [6, 6.07) is 8.68. The van der Waals surface area contributed by atoms with Gasteiger partial charge in [-0.15, -0.1) is 0 Å². The minimum Gasteiger partial charge on any atom is -0.497 e. The lowest BCUT2D eigenvalue weighted by atomic mass is 10.3. The molecule has 0 aromatic heterocycles. The Kier molecular flexibility index (Phi) is 5.50. The number of nitrogens with one attached hydrogen (secondary N) is 1. The number of amides is 1. The summed E-state index contributed by atoms with van der Waals surface area (Å²) in [5.74, 6) is -2.63. The van der Waals surface area contributed by atoms with Crippen LogP contribution in [0.2, 0.25) is 0 Å². The van der Waals surface area contributed by atoms with E-state index in [2.05, 4.69) is 5.32 Å². The van der Waals surface area contributed by atoms with Crippen LogP contribution in [0.3, 0.4) is 0 Å². The average molecular weight is 355 g/mol. The number of carbonyl (C=O) groups excluding carboxylic acids is 1. The lowest BCUT2D eigenvalue weighted by molar-refractivity contribution is -0.115. The first-order valence-electron chi connectivity index (χ1n) is 6.93. The molecule has 8 heteroatoms. The van der Waals surface area contributed by atoms with E-state index in [1.807, 2.05) is 0 Å². The fourth-order valence-corrected chi connectivity index (χ4v) is 3.17. The van der Waals surface area contributed by atoms with Crippen LogP contribution in [0.25, 0.3) is 0 Å². The standard InChI is InChI=1S/C16H15F2NO4S/c1-23-12-3-5-13(6-4-12)24(21,22)9-8-16(20)19-11-2-7-14(17)15(18)10-11/h2-7,10H,8-9H2,1H3,(H,19,20). The van der Waals surface area contributed by atoms with E-state index in [1.165, 1.54) is 37.4 Å². The smallest absolute Gasteiger partial charge is 0.225 e. The van der Waals surface area contributed by atoms with E-state index in [0.29, 0.717) is 5.75 Å². The lowest BCUT2D eigenvalue weighted by Crippen LogP contribution is -2.17. The van der Waals surface area contributed by atoms with Gasteiger partial charge in [0.15, 0.2) is 21.5 Å². The van der Waals surface area contributed by atoms with Crippen molar-refractivity contribution >= 4 is 21.4 Å². The highest BCUT2D eigenvalue weighted by atomic mass is 32.2. The topological polar surface area (TPSA) is 72.5 Å². The predicted molar refractivity (Wildman–Crippen MR) is 84.7 cm³/mol. The molecular formula is C16H15F2NO4S. The Balaban J connectivity index is 1.97. The van der Waals surface area contributed by atoms with Crippen molar-refractivity contribution in [2.45, 2.75) is 11.3 Å². The second-order valence-corrected chi connectivity index (χ2v) is 7.03. The van der Waals surface area contributed by atoms with Gasteiger partial charge in [-0.05, 0) is 36.4 Å². The summed E-state index contributed by atoms with van der Waals surface area (Å²) < 4.78 is 55.1. The Morgan fingerprint density at radius 3 is 2.33 bits per heavy atom. The fourth-order valence-electron chi connectivity index (χ4n) is 1.93. The summed E-state index contributed by atoms with van der Waals surface area (Å²) in [6.45, 7) is 0. The zero-order chi connectivity index (χ0) is 17.7. The van der Waals surface area contributed by atoms with E-state index in [1.54, 1.807) is 0 Å². The number of methoxy groups -OCH3 is 1. The maximum absolute atomic E-state index is 13.1. The summed E-state index contributed by atoms with van der Waals surface area (Å²) in [5, 5.41) is 2.32. The van der Waals surface area contributed by atoms with E-state index in [9.17, 15) is 22.0 Å². The minimum absolute atomic E-state index is 0.0562. The summed E-state index contributed by atoms with van der Waals surface area (Å²) in [6.07, 6.45) is -0.312. The first-order valence-corrected chi connectivity index (χ1v) is 8.59. The van der Waals surface area contributed by atoms with Gasteiger partial charge in [0.2, 0.25) is 5.91 Å². The van der Waals surface area contributed by atoms with E-state index >= 15 is 0 Å². The summed E-state index contributed by atoms with van der Waals surface area (Å²) in [5.41, 5.74) is 0.0562. The molecule has 0 bridgehead atoms.